The number of aliphatic hydroxyl groups is 1. The molecule has 0 fully saturated rings. The Labute approximate surface area is 122 Å². The van der Waals surface area contributed by atoms with Gasteiger partial charge in [-0.25, -0.2) is 0 Å². The number of hydrogen-bond acceptors (Lipinski definition) is 4. The Morgan fingerprint density at radius 2 is 2.11 bits per heavy atom. The molecule has 0 aliphatic carbocycles. The van der Waals surface area contributed by atoms with Crippen molar-refractivity contribution in [1.29, 1.82) is 0 Å². The number of amides is 1. The molecule has 1 rings (SSSR count). The van der Waals surface area contributed by atoms with Crippen molar-refractivity contribution in [1.82, 2.24) is 0 Å². The van der Waals surface area contributed by atoms with Gasteiger partial charge in [0.05, 0.1) is 6.10 Å². The number of carbonyl (C=O) groups is 1. The van der Waals surface area contributed by atoms with Crippen LogP contribution in [-0.4, -0.2) is 34.5 Å². The molecular weight excluding hydrogens is 289 g/mol. The number of carbonyl (C=O) groups excluding carboxylic acids is 1. The van der Waals surface area contributed by atoms with E-state index in [-0.39, 0.29) is 6.54 Å². The van der Waals surface area contributed by atoms with Crippen LogP contribution in [0.1, 0.15) is 6.92 Å². The van der Waals surface area contributed by atoms with Crippen LogP contribution in [0.15, 0.2) is 24.3 Å². The van der Waals surface area contributed by atoms with Crippen molar-refractivity contribution in [3.63, 3.8) is 0 Å². The summed E-state index contributed by atoms with van der Waals surface area (Å²) in [5, 5.41) is 14.9. The summed E-state index contributed by atoms with van der Waals surface area (Å²) < 4.78 is -1.49. The molecule has 1 unspecified atom stereocenters. The van der Waals surface area contributed by atoms with Crippen LogP contribution in [0.5, 0.6) is 0 Å². The van der Waals surface area contributed by atoms with E-state index in [2.05, 4.69) is 10.6 Å². The summed E-state index contributed by atoms with van der Waals surface area (Å²) in [6.07, 6.45) is -0.618. The lowest BCUT2D eigenvalue weighted by atomic mass is 10.2. The second-order valence-electron chi connectivity index (χ2n) is 4.19. The van der Waals surface area contributed by atoms with E-state index in [1.165, 1.54) is 6.92 Å². The summed E-state index contributed by atoms with van der Waals surface area (Å²) in [4.78, 5) is 11.6. The van der Waals surface area contributed by atoms with Gasteiger partial charge in [-0.1, -0.05) is 29.3 Å². The number of nitrogens with one attached hydrogen (secondary N) is 2. The van der Waals surface area contributed by atoms with Crippen LogP contribution in [0, 0.1) is 0 Å². The normalized spacial score (nSPS) is 12.9. The standard InChI is InChI=1S/C12H17Cl2N3O2/c1-12(13,14)11(19)17-9-4-2-3-8(5-9)16-7-10(18)6-15/h2-5,10,16,18H,6-7,15H2,1H3,(H,17,19). The minimum Gasteiger partial charge on any atom is -0.390 e. The summed E-state index contributed by atoms with van der Waals surface area (Å²) >= 11 is 11.4. The number of hydrogen-bond donors (Lipinski definition) is 4. The molecule has 0 saturated carbocycles. The maximum Gasteiger partial charge on any atom is 0.260 e. The number of halogens is 2. The molecule has 7 heteroatoms. The molecule has 0 saturated heterocycles. The van der Waals surface area contributed by atoms with Crippen LogP contribution < -0.4 is 16.4 Å². The van der Waals surface area contributed by atoms with Crippen LogP contribution >= 0.6 is 23.2 Å². The fraction of sp³-hybridized carbons (Fsp3) is 0.417. The monoisotopic (exact) mass is 305 g/mol. The zero-order chi connectivity index (χ0) is 14.5. The molecule has 1 aromatic rings. The van der Waals surface area contributed by atoms with E-state index in [4.69, 9.17) is 28.9 Å². The predicted octanol–water partition coefficient (Wildman–Crippen LogP) is 1.55. The summed E-state index contributed by atoms with van der Waals surface area (Å²) in [5.74, 6) is -0.505. The van der Waals surface area contributed by atoms with Gasteiger partial charge in [0.1, 0.15) is 0 Å². The summed E-state index contributed by atoms with van der Waals surface area (Å²) in [5.41, 5.74) is 6.61. The van der Waals surface area contributed by atoms with Crippen molar-refractivity contribution in [3.8, 4) is 0 Å². The minimum atomic E-state index is -1.49. The van der Waals surface area contributed by atoms with Crippen LogP contribution in [-0.2, 0) is 4.79 Å². The van der Waals surface area contributed by atoms with Crippen LogP contribution in [0.4, 0.5) is 11.4 Å². The molecule has 0 aliphatic rings. The summed E-state index contributed by atoms with van der Waals surface area (Å²) in [6, 6.07) is 6.98. The first-order chi connectivity index (χ1) is 8.82. The maximum atomic E-state index is 11.6. The molecule has 1 aromatic carbocycles. The number of rotatable bonds is 6. The van der Waals surface area contributed by atoms with Gasteiger partial charge in [-0.3, -0.25) is 4.79 Å². The Kier molecular flexibility index (Phi) is 5.87. The Bertz CT molecular complexity index is 435. The third kappa shape index (κ3) is 5.65. The largest absolute Gasteiger partial charge is 0.390 e. The van der Waals surface area contributed by atoms with Gasteiger partial charge in [0, 0.05) is 24.5 Å². The third-order valence-electron chi connectivity index (χ3n) is 2.33. The van der Waals surface area contributed by atoms with Gasteiger partial charge < -0.3 is 21.5 Å². The van der Waals surface area contributed by atoms with E-state index in [9.17, 15) is 9.90 Å². The number of benzene rings is 1. The fourth-order valence-electron chi connectivity index (χ4n) is 1.27. The number of alkyl halides is 2. The van der Waals surface area contributed by atoms with Gasteiger partial charge >= 0.3 is 0 Å². The molecule has 0 aromatic heterocycles. The lowest BCUT2D eigenvalue weighted by Crippen LogP contribution is -2.29. The molecule has 0 spiro atoms. The van der Waals surface area contributed by atoms with E-state index >= 15 is 0 Å². The molecule has 1 atom stereocenters. The Balaban J connectivity index is 2.64. The van der Waals surface area contributed by atoms with Crippen molar-refractivity contribution in [3.05, 3.63) is 24.3 Å². The lowest BCUT2D eigenvalue weighted by Gasteiger charge is -2.15. The second-order valence-corrected chi connectivity index (χ2v) is 5.90. The molecule has 0 radical (unpaired) electrons. The maximum absolute atomic E-state index is 11.6. The first-order valence-corrected chi connectivity index (χ1v) is 6.50. The smallest absolute Gasteiger partial charge is 0.260 e. The highest BCUT2D eigenvalue weighted by Gasteiger charge is 2.27. The molecule has 19 heavy (non-hydrogen) atoms. The van der Waals surface area contributed by atoms with E-state index in [0.717, 1.165) is 5.69 Å². The molecule has 106 valence electrons. The van der Waals surface area contributed by atoms with E-state index in [0.29, 0.717) is 12.2 Å². The van der Waals surface area contributed by atoms with Gasteiger partial charge in [0.25, 0.3) is 5.91 Å². The molecular formula is C12H17Cl2N3O2. The molecule has 0 bridgehead atoms. The quantitative estimate of drug-likeness (QED) is 0.601. The average molecular weight is 306 g/mol. The topological polar surface area (TPSA) is 87.4 Å². The highest BCUT2D eigenvalue weighted by atomic mass is 35.5. The highest BCUT2D eigenvalue weighted by molar-refractivity contribution is 6.58. The minimum absolute atomic E-state index is 0.181. The van der Waals surface area contributed by atoms with Gasteiger partial charge in [0.15, 0.2) is 4.33 Å². The molecule has 1 amide bonds. The lowest BCUT2D eigenvalue weighted by molar-refractivity contribution is -0.116. The van der Waals surface area contributed by atoms with Crippen molar-refractivity contribution < 1.29 is 9.90 Å². The molecule has 0 heterocycles. The molecule has 5 nitrogen and oxygen atoms in total. The molecule has 5 N–H and O–H groups in total. The van der Waals surface area contributed by atoms with E-state index < -0.39 is 16.3 Å². The van der Waals surface area contributed by atoms with Gasteiger partial charge in [-0.2, -0.15) is 0 Å². The van der Waals surface area contributed by atoms with Crippen molar-refractivity contribution in [2.45, 2.75) is 17.4 Å². The highest BCUT2D eigenvalue weighted by Crippen LogP contribution is 2.23. The average Bonchev–Trinajstić information content (AvgIpc) is 2.35. The van der Waals surface area contributed by atoms with Crippen molar-refractivity contribution in [2.24, 2.45) is 5.73 Å². The predicted molar refractivity (Wildman–Crippen MR) is 78.7 cm³/mol. The summed E-state index contributed by atoms with van der Waals surface area (Å²) in [7, 11) is 0. The van der Waals surface area contributed by atoms with Gasteiger partial charge in [-0.05, 0) is 25.1 Å². The van der Waals surface area contributed by atoms with E-state index in [1.54, 1.807) is 24.3 Å². The van der Waals surface area contributed by atoms with Crippen LogP contribution in [0.3, 0.4) is 0 Å². The molecule has 0 aliphatic heterocycles. The Morgan fingerprint density at radius 3 is 2.68 bits per heavy atom. The van der Waals surface area contributed by atoms with Crippen LogP contribution in [0.25, 0.3) is 0 Å². The van der Waals surface area contributed by atoms with Gasteiger partial charge in [0.2, 0.25) is 0 Å². The Morgan fingerprint density at radius 1 is 1.47 bits per heavy atom. The van der Waals surface area contributed by atoms with Crippen molar-refractivity contribution >= 4 is 40.5 Å². The number of anilines is 2. The number of nitrogens with two attached hydrogens (primary N) is 1. The van der Waals surface area contributed by atoms with Crippen LogP contribution in [0.2, 0.25) is 0 Å². The first-order valence-electron chi connectivity index (χ1n) is 5.74. The first kappa shape index (κ1) is 16.0. The van der Waals surface area contributed by atoms with Gasteiger partial charge in [-0.15, -0.1) is 0 Å². The van der Waals surface area contributed by atoms with Crippen molar-refractivity contribution in [2.75, 3.05) is 23.7 Å². The SMILES string of the molecule is CC(Cl)(Cl)C(=O)Nc1cccc(NCC(O)CN)c1. The third-order valence-corrected chi connectivity index (χ3v) is 2.68. The zero-order valence-corrected chi connectivity index (χ0v) is 12.0. The second kappa shape index (κ2) is 6.96. The summed E-state index contributed by atoms with van der Waals surface area (Å²) in [6.45, 7) is 1.90. The number of aliphatic hydroxyl groups excluding tert-OH is 1. The fourth-order valence-corrected chi connectivity index (χ4v) is 1.36. The Hall–Kier alpha value is -1.01. The zero-order valence-electron chi connectivity index (χ0n) is 10.5. The van der Waals surface area contributed by atoms with E-state index in [1.807, 2.05) is 0 Å².